The van der Waals surface area contributed by atoms with E-state index in [1.807, 2.05) is 30.3 Å². The minimum absolute atomic E-state index is 0.0578. The van der Waals surface area contributed by atoms with Crippen molar-refractivity contribution in [2.75, 3.05) is 0 Å². The first-order valence-electron chi connectivity index (χ1n) is 20.0. The van der Waals surface area contributed by atoms with Gasteiger partial charge in [0.15, 0.2) is 17.5 Å². The fourth-order valence-corrected chi connectivity index (χ4v) is 10.4. The van der Waals surface area contributed by atoms with Gasteiger partial charge in [-0.25, -0.2) is 15.0 Å². The minimum atomic E-state index is -0.0578. The van der Waals surface area contributed by atoms with Gasteiger partial charge in [0.25, 0.3) is 0 Å². The lowest BCUT2D eigenvalue weighted by Gasteiger charge is -2.22. The van der Waals surface area contributed by atoms with Crippen LogP contribution in [0.1, 0.15) is 25.0 Å². The molecule has 0 unspecified atom stereocenters. The molecule has 0 saturated heterocycles. The third kappa shape index (κ3) is 5.32. The number of hydrogen-bond donors (Lipinski definition) is 0. The van der Waals surface area contributed by atoms with E-state index in [0.717, 1.165) is 54.5 Å². The predicted molar refractivity (Wildman–Crippen MR) is 245 cm³/mol. The van der Waals surface area contributed by atoms with Gasteiger partial charge in [0, 0.05) is 53.1 Å². The van der Waals surface area contributed by atoms with E-state index >= 15 is 0 Å². The van der Waals surface area contributed by atoms with Gasteiger partial charge in [0.2, 0.25) is 0 Å². The molecule has 3 aromatic heterocycles. The van der Waals surface area contributed by atoms with Crippen LogP contribution in [0.15, 0.2) is 180 Å². The molecule has 11 aromatic rings. The summed E-state index contributed by atoms with van der Waals surface area (Å²) in [6.45, 7) is 4.67. The van der Waals surface area contributed by atoms with Crippen LogP contribution in [0.2, 0.25) is 0 Å². The zero-order valence-electron chi connectivity index (χ0n) is 32.4. The quantitative estimate of drug-likeness (QED) is 0.175. The highest BCUT2D eigenvalue weighted by Crippen LogP contribution is 2.50. The largest absolute Gasteiger partial charge is 0.456 e. The van der Waals surface area contributed by atoms with Crippen LogP contribution in [0.4, 0.5) is 0 Å². The van der Waals surface area contributed by atoms with Gasteiger partial charge in [0.1, 0.15) is 11.2 Å². The van der Waals surface area contributed by atoms with Crippen LogP contribution >= 0.6 is 11.3 Å². The molecule has 0 atom stereocenters. The number of fused-ring (bicyclic) bond motifs is 9. The number of nitrogens with zero attached hydrogens (tertiary/aromatic N) is 3. The highest BCUT2D eigenvalue weighted by molar-refractivity contribution is 7.26. The molecular weight excluding hydrogens is 739 g/mol. The average Bonchev–Trinajstić information content (AvgIpc) is 3.94. The van der Waals surface area contributed by atoms with E-state index in [4.69, 9.17) is 19.4 Å². The second-order valence-corrected chi connectivity index (χ2v) is 17.0. The summed E-state index contributed by atoms with van der Waals surface area (Å²) >= 11 is 1.78. The molecule has 0 fully saturated rings. The second kappa shape index (κ2) is 12.9. The summed E-state index contributed by atoms with van der Waals surface area (Å²) < 4.78 is 8.94. The van der Waals surface area contributed by atoms with E-state index in [9.17, 15) is 0 Å². The molecule has 0 radical (unpaired) electrons. The van der Waals surface area contributed by atoms with Gasteiger partial charge in [0.05, 0.1) is 0 Å². The topological polar surface area (TPSA) is 51.8 Å². The maximum absolute atomic E-state index is 6.54. The number of aromatic nitrogens is 3. The molecule has 5 heteroatoms. The van der Waals surface area contributed by atoms with Gasteiger partial charge < -0.3 is 4.42 Å². The van der Waals surface area contributed by atoms with Gasteiger partial charge in [-0.1, -0.05) is 147 Å². The van der Waals surface area contributed by atoms with Gasteiger partial charge in [-0.05, 0) is 87.0 Å². The lowest BCUT2D eigenvalue weighted by Crippen LogP contribution is -2.14. The van der Waals surface area contributed by atoms with Crippen molar-refractivity contribution in [3.8, 4) is 67.5 Å². The summed E-state index contributed by atoms with van der Waals surface area (Å²) in [6.07, 6.45) is 0. The summed E-state index contributed by atoms with van der Waals surface area (Å²) in [6, 6.07) is 62.5. The highest BCUT2D eigenvalue weighted by Gasteiger charge is 2.35. The van der Waals surface area contributed by atoms with Crippen molar-refractivity contribution in [2.24, 2.45) is 0 Å². The molecule has 4 nitrogen and oxygen atoms in total. The van der Waals surface area contributed by atoms with Gasteiger partial charge in [-0.15, -0.1) is 11.3 Å². The van der Waals surface area contributed by atoms with Crippen LogP contribution in [0, 0.1) is 0 Å². The normalized spacial score (nSPS) is 13.1. The zero-order chi connectivity index (χ0) is 39.2. The lowest BCUT2D eigenvalue weighted by atomic mass is 9.81. The van der Waals surface area contributed by atoms with Gasteiger partial charge in [-0.2, -0.15) is 0 Å². The summed E-state index contributed by atoms with van der Waals surface area (Å²) in [4.78, 5) is 15.6. The molecule has 3 heterocycles. The Kier molecular flexibility index (Phi) is 7.41. The van der Waals surface area contributed by atoms with Crippen molar-refractivity contribution in [3.63, 3.8) is 0 Å². The smallest absolute Gasteiger partial charge is 0.165 e. The molecule has 0 amide bonds. The summed E-state index contributed by atoms with van der Waals surface area (Å²) in [5.41, 5.74) is 14.5. The van der Waals surface area contributed by atoms with Crippen molar-refractivity contribution in [2.45, 2.75) is 19.3 Å². The van der Waals surface area contributed by atoms with E-state index in [1.165, 1.54) is 48.9 Å². The highest BCUT2D eigenvalue weighted by atomic mass is 32.1. The number of benzene rings is 8. The van der Waals surface area contributed by atoms with Crippen LogP contribution in [0.3, 0.4) is 0 Å². The molecule has 0 bridgehead atoms. The van der Waals surface area contributed by atoms with E-state index < -0.39 is 0 Å². The maximum Gasteiger partial charge on any atom is 0.165 e. The third-order valence-electron chi connectivity index (χ3n) is 12.2. The Balaban J connectivity index is 0.999. The molecular formula is C54H35N3OS. The number of hydrogen-bond acceptors (Lipinski definition) is 5. The van der Waals surface area contributed by atoms with E-state index in [-0.39, 0.29) is 5.41 Å². The van der Waals surface area contributed by atoms with E-state index in [1.54, 1.807) is 11.3 Å². The molecule has 0 saturated carbocycles. The maximum atomic E-state index is 6.54. The first-order valence-corrected chi connectivity index (χ1v) is 20.8. The Morgan fingerprint density at radius 2 is 1.02 bits per heavy atom. The van der Waals surface area contributed by atoms with Crippen molar-refractivity contribution in [1.29, 1.82) is 0 Å². The van der Waals surface area contributed by atoms with Crippen molar-refractivity contribution >= 4 is 53.4 Å². The van der Waals surface area contributed by atoms with Crippen LogP contribution in [-0.2, 0) is 5.41 Å². The molecule has 0 N–H and O–H groups in total. The Morgan fingerprint density at radius 1 is 0.407 bits per heavy atom. The zero-order valence-corrected chi connectivity index (χ0v) is 33.2. The first kappa shape index (κ1) is 33.9. The second-order valence-electron chi connectivity index (χ2n) is 16.0. The fourth-order valence-electron chi connectivity index (χ4n) is 9.21. The van der Waals surface area contributed by atoms with Crippen molar-refractivity contribution < 1.29 is 4.42 Å². The molecule has 0 spiro atoms. The summed E-state index contributed by atoms with van der Waals surface area (Å²) in [5, 5.41) is 4.45. The van der Waals surface area contributed by atoms with Crippen molar-refractivity contribution in [3.05, 3.63) is 187 Å². The summed E-state index contributed by atoms with van der Waals surface area (Å²) in [5.74, 6) is 1.88. The lowest BCUT2D eigenvalue weighted by molar-refractivity contribution is 0.660. The fraction of sp³-hybridized carbons (Fsp3) is 0.0556. The van der Waals surface area contributed by atoms with Gasteiger partial charge >= 0.3 is 0 Å². The number of thiophene rings is 1. The Bertz CT molecular complexity index is 3490. The number of furan rings is 1. The van der Waals surface area contributed by atoms with Crippen LogP contribution in [0.25, 0.3) is 110 Å². The Hall–Kier alpha value is -7.21. The molecule has 278 valence electrons. The third-order valence-corrected chi connectivity index (χ3v) is 13.4. The Labute approximate surface area is 345 Å². The molecule has 12 rings (SSSR count). The standard InChI is InChI=1S/C54H35N3OS/c1-54(2)44-22-8-6-17-37(44)38-27-25-36(31-45(38)54)34-16-10-15-33(29-34)35-26-28-46-43(30-35)49-41(20-12-23-47(49)58-46)52-55-51(32-13-4-3-5-14-32)56-53(57-52)42-21-11-19-40-39-18-7-9-24-48(39)59-50(40)42/h3-31H,1-2H3. The SMILES string of the molecule is CC1(C)c2ccccc2-c2ccc(-c3cccc(-c4ccc5oc6cccc(-c7nc(-c8ccccc8)nc(-c8cccc9c8sc8ccccc89)n7)c6c5c4)c3)cc21. The van der Waals surface area contributed by atoms with Gasteiger partial charge in [-0.3, -0.25) is 0 Å². The number of rotatable bonds is 5. The minimum Gasteiger partial charge on any atom is -0.456 e. The molecule has 59 heavy (non-hydrogen) atoms. The summed E-state index contributed by atoms with van der Waals surface area (Å²) in [7, 11) is 0. The van der Waals surface area contributed by atoms with Crippen LogP contribution in [0.5, 0.6) is 0 Å². The first-order chi connectivity index (χ1) is 29.0. The monoisotopic (exact) mass is 773 g/mol. The van der Waals surface area contributed by atoms with Crippen LogP contribution in [-0.4, -0.2) is 15.0 Å². The van der Waals surface area contributed by atoms with Crippen molar-refractivity contribution in [1.82, 2.24) is 15.0 Å². The molecule has 1 aliphatic rings. The molecule has 1 aliphatic carbocycles. The predicted octanol–water partition coefficient (Wildman–Crippen LogP) is 14.8. The average molecular weight is 774 g/mol. The molecule has 8 aromatic carbocycles. The van der Waals surface area contributed by atoms with Crippen LogP contribution < -0.4 is 0 Å². The van der Waals surface area contributed by atoms with E-state index in [2.05, 4.69) is 159 Å². The Morgan fingerprint density at radius 3 is 1.90 bits per heavy atom. The van der Waals surface area contributed by atoms with E-state index in [0.29, 0.717) is 17.5 Å². The molecule has 0 aliphatic heterocycles.